The number of likely N-dealkylation sites (N-methyl/N-ethyl adjacent to an activating group) is 1. The Bertz CT molecular complexity index is 371. The fraction of sp³-hybridized carbons (Fsp3) is 0.455. The van der Waals surface area contributed by atoms with Crippen LogP contribution in [0.2, 0.25) is 0 Å². The van der Waals surface area contributed by atoms with E-state index in [1.54, 1.807) is 26.2 Å². The summed E-state index contributed by atoms with van der Waals surface area (Å²) in [5, 5.41) is 0. The summed E-state index contributed by atoms with van der Waals surface area (Å²) in [6.45, 7) is 4.11. The molecule has 0 fully saturated rings. The molecule has 1 aromatic heterocycles. The fourth-order valence-corrected chi connectivity index (χ4v) is 1.84. The van der Waals surface area contributed by atoms with Crippen molar-refractivity contribution in [2.45, 2.75) is 20.0 Å². The van der Waals surface area contributed by atoms with Gasteiger partial charge in [0.2, 0.25) is 0 Å². The highest BCUT2D eigenvalue weighted by Crippen LogP contribution is 2.22. The summed E-state index contributed by atoms with van der Waals surface area (Å²) in [5.74, 6) is 0.486. The molecule has 1 atom stereocenters. The minimum atomic E-state index is -0.455. The molecule has 88 valence electrons. The van der Waals surface area contributed by atoms with Crippen molar-refractivity contribution in [3.63, 3.8) is 0 Å². The van der Waals surface area contributed by atoms with Crippen LogP contribution in [0.5, 0.6) is 0 Å². The smallest absolute Gasteiger partial charge is 0.256 e. The number of ether oxygens (including phenoxy) is 1. The van der Waals surface area contributed by atoms with E-state index >= 15 is 0 Å². The number of pyridine rings is 1. The third kappa shape index (κ3) is 3.02. The van der Waals surface area contributed by atoms with E-state index in [0.717, 1.165) is 4.47 Å². The molecule has 5 heteroatoms. The van der Waals surface area contributed by atoms with E-state index in [4.69, 9.17) is 4.74 Å². The van der Waals surface area contributed by atoms with Gasteiger partial charge in [0.25, 0.3) is 5.91 Å². The maximum absolute atomic E-state index is 11.9. The first kappa shape index (κ1) is 13.1. The first-order valence-electron chi connectivity index (χ1n) is 5.07. The summed E-state index contributed by atoms with van der Waals surface area (Å²) < 4.78 is 6.04. The molecular weight excluding hydrogens is 272 g/mol. The second-order valence-corrected chi connectivity index (χ2v) is 4.16. The van der Waals surface area contributed by atoms with Crippen LogP contribution in [0, 0.1) is 0 Å². The van der Waals surface area contributed by atoms with Gasteiger partial charge >= 0.3 is 0 Å². The summed E-state index contributed by atoms with van der Waals surface area (Å²) in [5.41, 5.74) is 0. The predicted octanol–water partition coefficient (Wildman–Crippen LogP) is 2.23. The minimum Gasteiger partial charge on any atom is -0.369 e. The van der Waals surface area contributed by atoms with Crippen molar-refractivity contribution in [1.29, 1.82) is 0 Å². The monoisotopic (exact) mass is 286 g/mol. The molecule has 4 nitrogen and oxygen atoms in total. The standard InChI is InChI=1S/C11H15BrN2O2/c1-4-16-8(2)11(15)14(3)10-9(12)6-5-7-13-10/h5-8H,4H2,1-3H3/t8-/m0/s1. The van der Waals surface area contributed by atoms with Gasteiger partial charge in [-0.1, -0.05) is 0 Å². The van der Waals surface area contributed by atoms with E-state index in [9.17, 15) is 4.79 Å². The molecule has 16 heavy (non-hydrogen) atoms. The number of carbonyl (C=O) groups is 1. The molecule has 0 radical (unpaired) electrons. The van der Waals surface area contributed by atoms with Gasteiger partial charge in [0, 0.05) is 19.9 Å². The third-order valence-electron chi connectivity index (χ3n) is 2.15. The number of carbonyl (C=O) groups excluding carboxylic acids is 1. The molecule has 0 spiro atoms. The van der Waals surface area contributed by atoms with Crippen molar-refractivity contribution >= 4 is 27.7 Å². The zero-order valence-electron chi connectivity index (χ0n) is 9.61. The molecule has 0 aliphatic rings. The van der Waals surface area contributed by atoms with E-state index in [0.29, 0.717) is 12.4 Å². The van der Waals surface area contributed by atoms with E-state index in [-0.39, 0.29) is 5.91 Å². The van der Waals surface area contributed by atoms with E-state index < -0.39 is 6.10 Å². The van der Waals surface area contributed by atoms with Gasteiger partial charge < -0.3 is 4.74 Å². The Labute approximate surface area is 104 Å². The first-order chi connectivity index (χ1) is 7.57. The van der Waals surface area contributed by atoms with Crippen LogP contribution in [0.15, 0.2) is 22.8 Å². The van der Waals surface area contributed by atoms with Crippen molar-refractivity contribution in [3.8, 4) is 0 Å². The molecule has 0 unspecified atom stereocenters. The molecule has 1 aromatic rings. The number of halogens is 1. The van der Waals surface area contributed by atoms with Crippen LogP contribution in [0.25, 0.3) is 0 Å². The van der Waals surface area contributed by atoms with Crippen molar-refractivity contribution in [1.82, 2.24) is 4.98 Å². The molecule has 0 aliphatic carbocycles. The molecule has 0 saturated heterocycles. The number of hydrogen-bond donors (Lipinski definition) is 0. The summed E-state index contributed by atoms with van der Waals surface area (Å²) in [6, 6.07) is 3.65. The second-order valence-electron chi connectivity index (χ2n) is 3.30. The van der Waals surface area contributed by atoms with Gasteiger partial charge in [-0.05, 0) is 41.9 Å². The second kappa shape index (κ2) is 5.96. The Morgan fingerprint density at radius 3 is 2.94 bits per heavy atom. The summed E-state index contributed by atoms with van der Waals surface area (Å²) in [6.07, 6.45) is 1.19. The van der Waals surface area contributed by atoms with Crippen molar-refractivity contribution in [2.24, 2.45) is 0 Å². The Kier molecular flexibility index (Phi) is 4.89. The number of amides is 1. The van der Waals surface area contributed by atoms with Crippen LogP contribution >= 0.6 is 15.9 Å². The molecule has 0 N–H and O–H groups in total. The molecule has 1 heterocycles. The SMILES string of the molecule is CCO[C@@H](C)C(=O)N(C)c1ncccc1Br. The van der Waals surface area contributed by atoms with E-state index in [1.165, 1.54) is 4.90 Å². The molecule has 0 saturated carbocycles. The normalized spacial score (nSPS) is 12.2. The fourth-order valence-electron chi connectivity index (χ4n) is 1.32. The maximum atomic E-state index is 11.9. The Hall–Kier alpha value is -0.940. The number of hydrogen-bond acceptors (Lipinski definition) is 3. The molecule has 1 amide bonds. The number of nitrogens with zero attached hydrogens (tertiary/aromatic N) is 2. The van der Waals surface area contributed by atoms with E-state index in [1.807, 2.05) is 13.0 Å². The van der Waals surface area contributed by atoms with Gasteiger partial charge in [-0.3, -0.25) is 9.69 Å². The van der Waals surface area contributed by atoms with Gasteiger partial charge in [-0.2, -0.15) is 0 Å². The zero-order chi connectivity index (χ0) is 12.1. The van der Waals surface area contributed by atoms with Crippen molar-refractivity contribution in [3.05, 3.63) is 22.8 Å². The molecular formula is C11H15BrN2O2. The Morgan fingerprint density at radius 1 is 1.69 bits per heavy atom. The highest BCUT2D eigenvalue weighted by Gasteiger charge is 2.20. The molecule has 0 bridgehead atoms. The van der Waals surface area contributed by atoms with Crippen molar-refractivity contribution in [2.75, 3.05) is 18.6 Å². The molecule has 0 aliphatic heterocycles. The van der Waals surface area contributed by atoms with Crippen LogP contribution in [0.4, 0.5) is 5.82 Å². The van der Waals surface area contributed by atoms with Crippen LogP contribution in [0.3, 0.4) is 0 Å². The van der Waals surface area contributed by atoms with Crippen LogP contribution in [-0.2, 0) is 9.53 Å². The highest BCUT2D eigenvalue weighted by atomic mass is 79.9. The third-order valence-corrected chi connectivity index (χ3v) is 2.77. The number of aromatic nitrogens is 1. The Balaban J connectivity index is 2.82. The van der Waals surface area contributed by atoms with E-state index in [2.05, 4.69) is 20.9 Å². The van der Waals surface area contributed by atoms with Crippen LogP contribution in [0.1, 0.15) is 13.8 Å². The van der Waals surface area contributed by atoms with Gasteiger partial charge in [0.15, 0.2) is 0 Å². The van der Waals surface area contributed by atoms with Crippen molar-refractivity contribution < 1.29 is 9.53 Å². The van der Waals surface area contributed by atoms with Crippen LogP contribution < -0.4 is 4.90 Å². The predicted molar refractivity (Wildman–Crippen MR) is 66.4 cm³/mol. The average Bonchev–Trinajstić information content (AvgIpc) is 2.28. The summed E-state index contributed by atoms with van der Waals surface area (Å²) >= 11 is 3.36. The quantitative estimate of drug-likeness (QED) is 0.853. The van der Waals surface area contributed by atoms with Gasteiger partial charge in [-0.15, -0.1) is 0 Å². The maximum Gasteiger partial charge on any atom is 0.256 e. The average molecular weight is 287 g/mol. The lowest BCUT2D eigenvalue weighted by Crippen LogP contribution is -2.37. The first-order valence-corrected chi connectivity index (χ1v) is 5.87. The molecule has 1 rings (SSSR count). The lowest BCUT2D eigenvalue weighted by Gasteiger charge is -2.21. The Morgan fingerprint density at radius 2 is 2.38 bits per heavy atom. The molecule has 0 aromatic carbocycles. The van der Waals surface area contributed by atoms with Gasteiger partial charge in [0.05, 0.1) is 4.47 Å². The zero-order valence-corrected chi connectivity index (χ0v) is 11.2. The number of anilines is 1. The van der Waals surface area contributed by atoms with Crippen LogP contribution in [-0.4, -0.2) is 30.6 Å². The topological polar surface area (TPSA) is 42.4 Å². The summed E-state index contributed by atoms with van der Waals surface area (Å²) in [4.78, 5) is 17.6. The largest absolute Gasteiger partial charge is 0.369 e. The number of rotatable bonds is 4. The van der Waals surface area contributed by atoms with Gasteiger partial charge in [0.1, 0.15) is 11.9 Å². The highest BCUT2D eigenvalue weighted by molar-refractivity contribution is 9.10. The lowest BCUT2D eigenvalue weighted by atomic mass is 10.3. The lowest BCUT2D eigenvalue weighted by molar-refractivity contribution is -0.128. The minimum absolute atomic E-state index is 0.110. The van der Waals surface area contributed by atoms with Gasteiger partial charge in [-0.25, -0.2) is 4.98 Å². The summed E-state index contributed by atoms with van der Waals surface area (Å²) in [7, 11) is 1.69.